The van der Waals surface area contributed by atoms with Crippen LogP contribution in [0.1, 0.15) is 13.3 Å². The third-order valence-electron chi connectivity index (χ3n) is 3.43. The van der Waals surface area contributed by atoms with Crippen LogP contribution in [0, 0.1) is 10.1 Å². The number of hydrogen-bond donors (Lipinski definition) is 1. The van der Waals surface area contributed by atoms with Gasteiger partial charge in [0.15, 0.2) is 0 Å². The van der Waals surface area contributed by atoms with Crippen molar-refractivity contribution in [2.75, 3.05) is 37.3 Å². The summed E-state index contributed by atoms with van der Waals surface area (Å²) < 4.78 is 0. The summed E-state index contributed by atoms with van der Waals surface area (Å²) in [6.45, 7) is 5.00. The van der Waals surface area contributed by atoms with E-state index in [-0.39, 0.29) is 11.5 Å². The maximum absolute atomic E-state index is 10.7. The molecule has 1 unspecified atom stereocenters. The Morgan fingerprint density at radius 1 is 1.47 bits per heavy atom. The fraction of sp³-hybridized carbons (Fsp3) is 0.583. The number of likely N-dealkylation sites (N-methyl/N-ethyl adjacent to an activating group) is 1. The Labute approximate surface area is 112 Å². The molecule has 1 atom stereocenters. The highest BCUT2D eigenvalue weighted by atomic mass is 16.6. The Morgan fingerprint density at radius 2 is 2.21 bits per heavy atom. The topological polar surface area (TPSA) is 88.5 Å². The van der Waals surface area contributed by atoms with Crippen molar-refractivity contribution in [1.82, 2.24) is 9.88 Å². The molecule has 2 N–H and O–H groups in total. The molecule has 19 heavy (non-hydrogen) atoms. The summed E-state index contributed by atoms with van der Waals surface area (Å²) in [5.41, 5.74) is 5.52. The number of rotatable bonds is 2. The minimum Gasteiger partial charge on any atom is -0.378 e. The SMILES string of the molecule is CC1CN(C)CCCN1c1ccc([N+](=O)[O-])c(N)n1. The molecule has 2 heterocycles. The molecule has 0 aromatic carbocycles. The molecule has 0 radical (unpaired) electrons. The molecule has 1 aliphatic heterocycles. The molecule has 0 bridgehead atoms. The third-order valence-corrected chi connectivity index (χ3v) is 3.43. The quantitative estimate of drug-likeness (QED) is 0.636. The predicted octanol–water partition coefficient (Wildman–Crippen LogP) is 1.10. The molecule has 1 fully saturated rings. The van der Waals surface area contributed by atoms with Gasteiger partial charge in [-0.05, 0) is 33.0 Å². The molecule has 104 valence electrons. The van der Waals surface area contributed by atoms with Crippen molar-refractivity contribution in [2.24, 2.45) is 0 Å². The highest BCUT2D eigenvalue weighted by Crippen LogP contribution is 2.25. The van der Waals surface area contributed by atoms with Gasteiger partial charge < -0.3 is 15.5 Å². The zero-order chi connectivity index (χ0) is 14.0. The number of pyridine rings is 1. The summed E-state index contributed by atoms with van der Waals surface area (Å²) in [5, 5.41) is 10.7. The highest BCUT2D eigenvalue weighted by molar-refractivity contribution is 5.58. The molecule has 1 aromatic heterocycles. The zero-order valence-corrected chi connectivity index (χ0v) is 11.2. The molecule has 1 aliphatic rings. The summed E-state index contributed by atoms with van der Waals surface area (Å²) in [5.74, 6) is 0.693. The second kappa shape index (κ2) is 5.40. The third kappa shape index (κ3) is 2.93. The second-order valence-corrected chi connectivity index (χ2v) is 4.99. The van der Waals surface area contributed by atoms with Crippen LogP contribution in [0.5, 0.6) is 0 Å². The number of hydrogen-bond acceptors (Lipinski definition) is 6. The van der Waals surface area contributed by atoms with Crippen molar-refractivity contribution >= 4 is 17.3 Å². The van der Waals surface area contributed by atoms with Crippen LogP contribution < -0.4 is 10.6 Å². The lowest BCUT2D eigenvalue weighted by molar-refractivity contribution is -0.384. The van der Waals surface area contributed by atoms with Crippen LogP contribution in [-0.2, 0) is 0 Å². The average molecular weight is 265 g/mol. The molecule has 1 aromatic rings. The van der Waals surface area contributed by atoms with Gasteiger partial charge in [-0.1, -0.05) is 0 Å². The van der Waals surface area contributed by atoms with Crippen molar-refractivity contribution in [2.45, 2.75) is 19.4 Å². The van der Waals surface area contributed by atoms with Gasteiger partial charge in [0.1, 0.15) is 5.82 Å². The van der Waals surface area contributed by atoms with E-state index in [4.69, 9.17) is 5.73 Å². The summed E-state index contributed by atoms with van der Waals surface area (Å²) in [6, 6.07) is 3.41. The number of nitrogens with zero attached hydrogens (tertiary/aromatic N) is 4. The fourth-order valence-electron chi connectivity index (χ4n) is 2.48. The van der Waals surface area contributed by atoms with Gasteiger partial charge in [-0.25, -0.2) is 4.98 Å². The lowest BCUT2D eigenvalue weighted by atomic mass is 10.2. The minimum absolute atomic E-state index is 0.0210. The van der Waals surface area contributed by atoms with Crippen LogP contribution in [0.15, 0.2) is 12.1 Å². The fourth-order valence-corrected chi connectivity index (χ4v) is 2.48. The van der Waals surface area contributed by atoms with Crippen molar-refractivity contribution in [3.63, 3.8) is 0 Å². The standard InChI is InChI=1S/C12H19N5O2/c1-9-8-15(2)6-3-7-16(9)11-5-4-10(17(18)19)12(13)14-11/h4-5,9H,3,6-8H2,1-2H3,(H2,13,14). The maximum Gasteiger partial charge on any atom is 0.311 e. The van der Waals surface area contributed by atoms with E-state index in [1.807, 2.05) is 0 Å². The Bertz CT molecular complexity index is 479. The molecule has 7 nitrogen and oxygen atoms in total. The van der Waals surface area contributed by atoms with Crippen LogP contribution in [0.25, 0.3) is 0 Å². The van der Waals surface area contributed by atoms with Crippen LogP contribution in [0.4, 0.5) is 17.3 Å². The first kappa shape index (κ1) is 13.5. The van der Waals surface area contributed by atoms with Crippen molar-refractivity contribution in [1.29, 1.82) is 0 Å². The molecule has 0 spiro atoms. The van der Waals surface area contributed by atoms with E-state index in [1.165, 1.54) is 6.07 Å². The summed E-state index contributed by atoms with van der Waals surface area (Å²) in [6.07, 6.45) is 1.04. The van der Waals surface area contributed by atoms with E-state index >= 15 is 0 Å². The van der Waals surface area contributed by atoms with E-state index in [1.54, 1.807) is 6.07 Å². The van der Waals surface area contributed by atoms with E-state index in [0.717, 1.165) is 26.1 Å². The van der Waals surface area contributed by atoms with Crippen LogP contribution in [0.2, 0.25) is 0 Å². The zero-order valence-electron chi connectivity index (χ0n) is 11.2. The van der Waals surface area contributed by atoms with E-state index < -0.39 is 4.92 Å². The number of nitrogens with two attached hydrogens (primary N) is 1. The molecule has 0 amide bonds. The molecule has 2 rings (SSSR count). The minimum atomic E-state index is -0.508. The smallest absolute Gasteiger partial charge is 0.311 e. The van der Waals surface area contributed by atoms with Gasteiger partial charge in [-0.2, -0.15) is 0 Å². The average Bonchev–Trinajstić information content (AvgIpc) is 2.49. The van der Waals surface area contributed by atoms with Gasteiger partial charge in [0.05, 0.1) is 4.92 Å². The van der Waals surface area contributed by atoms with Crippen molar-refractivity contribution in [3.05, 3.63) is 22.2 Å². The van der Waals surface area contributed by atoms with Crippen LogP contribution >= 0.6 is 0 Å². The lowest BCUT2D eigenvalue weighted by Gasteiger charge is -2.29. The molecular formula is C12H19N5O2. The normalized spacial score (nSPS) is 21.2. The molecule has 0 aliphatic carbocycles. The lowest BCUT2D eigenvalue weighted by Crippen LogP contribution is -2.38. The van der Waals surface area contributed by atoms with Gasteiger partial charge in [-0.15, -0.1) is 0 Å². The van der Waals surface area contributed by atoms with Crippen LogP contribution in [-0.4, -0.2) is 47.5 Å². The van der Waals surface area contributed by atoms with Gasteiger partial charge in [-0.3, -0.25) is 10.1 Å². The van der Waals surface area contributed by atoms with E-state index in [9.17, 15) is 10.1 Å². The second-order valence-electron chi connectivity index (χ2n) is 4.99. The highest BCUT2D eigenvalue weighted by Gasteiger charge is 2.22. The summed E-state index contributed by atoms with van der Waals surface area (Å²) in [7, 11) is 2.09. The van der Waals surface area contributed by atoms with Crippen molar-refractivity contribution in [3.8, 4) is 0 Å². The first-order valence-electron chi connectivity index (χ1n) is 6.35. The van der Waals surface area contributed by atoms with Gasteiger partial charge in [0, 0.05) is 25.2 Å². The number of nitro groups is 1. The van der Waals surface area contributed by atoms with E-state index in [2.05, 4.69) is 28.8 Å². The Balaban J connectivity index is 2.25. The first-order chi connectivity index (χ1) is 8.99. The van der Waals surface area contributed by atoms with Crippen molar-refractivity contribution < 1.29 is 4.92 Å². The van der Waals surface area contributed by atoms with Gasteiger partial charge in [0.2, 0.25) is 5.82 Å². The predicted molar refractivity (Wildman–Crippen MR) is 74.2 cm³/mol. The van der Waals surface area contributed by atoms with Gasteiger partial charge in [0.25, 0.3) is 0 Å². The largest absolute Gasteiger partial charge is 0.378 e. The van der Waals surface area contributed by atoms with E-state index in [0.29, 0.717) is 11.9 Å². The summed E-state index contributed by atoms with van der Waals surface area (Å²) in [4.78, 5) is 18.8. The Kier molecular flexibility index (Phi) is 3.84. The number of anilines is 2. The van der Waals surface area contributed by atoms with Crippen LogP contribution in [0.3, 0.4) is 0 Å². The number of aromatic nitrogens is 1. The van der Waals surface area contributed by atoms with Gasteiger partial charge >= 0.3 is 5.69 Å². The molecule has 1 saturated heterocycles. The monoisotopic (exact) mass is 265 g/mol. The number of nitrogen functional groups attached to an aromatic ring is 1. The Morgan fingerprint density at radius 3 is 2.84 bits per heavy atom. The molecule has 7 heteroatoms. The molecule has 0 saturated carbocycles. The first-order valence-corrected chi connectivity index (χ1v) is 6.35. The summed E-state index contributed by atoms with van der Waals surface area (Å²) >= 11 is 0. The molecular weight excluding hydrogens is 246 g/mol. The maximum atomic E-state index is 10.7. The Hall–Kier alpha value is -1.89.